The third-order valence-corrected chi connectivity index (χ3v) is 4.18. The van der Waals surface area contributed by atoms with E-state index in [1.165, 1.54) is 36.1 Å². The molecule has 0 aliphatic carbocycles. The number of nitro groups is 1. The summed E-state index contributed by atoms with van der Waals surface area (Å²) in [5, 5.41) is 21.5. The van der Waals surface area contributed by atoms with Crippen molar-refractivity contribution >= 4 is 40.6 Å². The molecule has 1 aromatic carbocycles. The smallest absolute Gasteiger partial charge is 0.302 e. The molecule has 0 radical (unpaired) electrons. The Balaban J connectivity index is 1.83. The molecule has 9 nitrogen and oxygen atoms in total. The van der Waals surface area contributed by atoms with Crippen LogP contribution in [0.4, 0.5) is 15.9 Å². The SMILES string of the molecule is Cn1cc([N+](=O)[O-])c(C(=O)Nc2nn(Cc3c(F)cccc3Cl)cc2Cl)n1. The molecule has 0 bridgehead atoms. The Morgan fingerprint density at radius 2 is 2.04 bits per heavy atom. The fraction of sp³-hybridized carbons (Fsp3) is 0.133. The van der Waals surface area contributed by atoms with Crippen LogP contribution < -0.4 is 5.32 Å². The lowest BCUT2D eigenvalue weighted by atomic mass is 10.2. The Labute approximate surface area is 161 Å². The summed E-state index contributed by atoms with van der Waals surface area (Å²) in [5.41, 5.74) is -0.634. The third kappa shape index (κ3) is 3.91. The average molecular weight is 413 g/mol. The van der Waals surface area contributed by atoms with Gasteiger partial charge in [-0.1, -0.05) is 29.3 Å². The van der Waals surface area contributed by atoms with Gasteiger partial charge in [0.1, 0.15) is 17.0 Å². The molecule has 0 atom stereocenters. The van der Waals surface area contributed by atoms with Crippen molar-refractivity contribution in [1.29, 1.82) is 0 Å². The van der Waals surface area contributed by atoms with Gasteiger partial charge >= 0.3 is 5.69 Å². The number of benzene rings is 1. The average Bonchev–Trinajstić information content (AvgIpc) is 3.14. The Kier molecular flexibility index (Phi) is 5.10. The van der Waals surface area contributed by atoms with E-state index in [2.05, 4.69) is 15.5 Å². The Hall–Kier alpha value is -2.98. The van der Waals surface area contributed by atoms with Gasteiger partial charge in [-0.15, -0.1) is 0 Å². The number of anilines is 1. The van der Waals surface area contributed by atoms with Gasteiger partial charge in [-0.3, -0.25) is 24.3 Å². The summed E-state index contributed by atoms with van der Waals surface area (Å²) in [5.74, 6) is -1.41. The Morgan fingerprint density at radius 3 is 2.70 bits per heavy atom. The van der Waals surface area contributed by atoms with E-state index in [-0.39, 0.29) is 33.7 Å². The van der Waals surface area contributed by atoms with E-state index in [4.69, 9.17) is 23.2 Å². The lowest BCUT2D eigenvalue weighted by Crippen LogP contribution is -2.15. The second-order valence-corrected chi connectivity index (χ2v) is 6.29. The maximum absolute atomic E-state index is 13.9. The molecule has 0 aliphatic heterocycles. The molecule has 0 saturated heterocycles. The van der Waals surface area contributed by atoms with E-state index >= 15 is 0 Å². The van der Waals surface area contributed by atoms with Gasteiger partial charge < -0.3 is 5.32 Å². The van der Waals surface area contributed by atoms with E-state index < -0.39 is 22.3 Å². The molecule has 0 fully saturated rings. The minimum Gasteiger partial charge on any atom is -0.302 e. The first kappa shape index (κ1) is 18.8. The first-order chi connectivity index (χ1) is 12.8. The Bertz CT molecular complexity index is 1030. The highest BCUT2D eigenvalue weighted by Crippen LogP contribution is 2.25. The number of aromatic nitrogens is 4. The molecule has 0 saturated carbocycles. The van der Waals surface area contributed by atoms with Crippen molar-refractivity contribution in [2.24, 2.45) is 7.05 Å². The van der Waals surface area contributed by atoms with Crippen LogP contribution in [0.15, 0.2) is 30.6 Å². The molecule has 0 spiro atoms. The number of amides is 1. The maximum Gasteiger partial charge on any atom is 0.320 e. The molecule has 3 rings (SSSR count). The molecular formula is C15H11Cl2FN6O3. The van der Waals surface area contributed by atoms with Crippen molar-refractivity contribution in [2.45, 2.75) is 6.54 Å². The quantitative estimate of drug-likeness (QED) is 0.510. The number of rotatable bonds is 5. The second kappa shape index (κ2) is 7.33. The van der Waals surface area contributed by atoms with Gasteiger partial charge in [-0.05, 0) is 12.1 Å². The monoisotopic (exact) mass is 412 g/mol. The van der Waals surface area contributed by atoms with Crippen LogP contribution in [0.2, 0.25) is 10.0 Å². The van der Waals surface area contributed by atoms with Crippen LogP contribution in [-0.2, 0) is 13.6 Å². The molecule has 140 valence electrons. The van der Waals surface area contributed by atoms with Crippen LogP contribution in [0.25, 0.3) is 0 Å². The van der Waals surface area contributed by atoms with Crippen molar-refractivity contribution in [3.8, 4) is 0 Å². The van der Waals surface area contributed by atoms with Gasteiger partial charge in [0.15, 0.2) is 5.82 Å². The first-order valence-corrected chi connectivity index (χ1v) is 8.17. The number of hydrogen-bond acceptors (Lipinski definition) is 5. The fourth-order valence-corrected chi connectivity index (χ4v) is 2.77. The fourth-order valence-electron chi connectivity index (χ4n) is 2.35. The van der Waals surface area contributed by atoms with Crippen LogP contribution in [0.5, 0.6) is 0 Å². The van der Waals surface area contributed by atoms with Crippen LogP contribution in [0.1, 0.15) is 16.1 Å². The molecule has 27 heavy (non-hydrogen) atoms. The number of hydrogen-bond donors (Lipinski definition) is 1. The zero-order valence-electron chi connectivity index (χ0n) is 13.7. The highest BCUT2D eigenvalue weighted by atomic mass is 35.5. The lowest BCUT2D eigenvalue weighted by Gasteiger charge is -2.05. The lowest BCUT2D eigenvalue weighted by molar-refractivity contribution is -0.385. The predicted molar refractivity (Wildman–Crippen MR) is 95.6 cm³/mol. The van der Waals surface area contributed by atoms with Crippen LogP contribution in [0.3, 0.4) is 0 Å². The van der Waals surface area contributed by atoms with E-state index in [9.17, 15) is 19.3 Å². The van der Waals surface area contributed by atoms with E-state index in [0.29, 0.717) is 0 Å². The molecule has 1 N–H and O–H groups in total. The van der Waals surface area contributed by atoms with E-state index in [0.717, 1.165) is 10.9 Å². The van der Waals surface area contributed by atoms with Crippen molar-refractivity contribution in [1.82, 2.24) is 19.6 Å². The second-order valence-electron chi connectivity index (χ2n) is 5.47. The zero-order chi connectivity index (χ0) is 19.7. The number of halogens is 3. The number of aryl methyl sites for hydroxylation is 1. The van der Waals surface area contributed by atoms with Crippen molar-refractivity contribution in [3.05, 3.63) is 67.8 Å². The minimum absolute atomic E-state index is 0.0230. The summed E-state index contributed by atoms with van der Waals surface area (Å²) in [6.07, 6.45) is 2.47. The number of carbonyl (C=O) groups is 1. The number of nitrogens with zero attached hydrogens (tertiary/aromatic N) is 5. The summed E-state index contributed by atoms with van der Waals surface area (Å²) >= 11 is 12.0. The highest BCUT2D eigenvalue weighted by molar-refractivity contribution is 6.33. The summed E-state index contributed by atoms with van der Waals surface area (Å²) in [6.45, 7) is -0.0230. The van der Waals surface area contributed by atoms with Crippen molar-refractivity contribution in [3.63, 3.8) is 0 Å². The van der Waals surface area contributed by atoms with Gasteiger partial charge in [0.2, 0.25) is 5.69 Å². The normalized spacial score (nSPS) is 10.8. The predicted octanol–water partition coefficient (Wildman–Crippen LogP) is 3.27. The molecule has 3 aromatic rings. The molecule has 0 unspecified atom stereocenters. The molecular weight excluding hydrogens is 402 g/mol. The Morgan fingerprint density at radius 1 is 1.30 bits per heavy atom. The summed E-state index contributed by atoms with van der Waals surface area (Å²) in [4.78, 5) is 22.6. The maximum atomic E-state index is 13.9. The topological polar surface area (TPSA) is 108 Å². The van der Waals surface area contributed by atoms with Gasteiger partial charge in [-0.2, -0.15) is 10.2 Å². The van der Waals surface area contributed by atoms with Crippen LogP contribution in [-0.4, -0.2) is 30.4 Å². The van der Waals surface area contributed by atoms with Gasteiger partial charge in [0, 0.05) is 23.8 Å². The summed E-state index contributed by atoms with van der Waals surface area (Å²) in [7, 11) is 1.45. The van der Waals surface area contributed by atoms with Crippen molar-refractivity contribution in [2.75, 3.05) is 5.32 Å². The number of carbonyl (C=O) groups excluding carboxylic acids is 1. The molecule has 12 heteroatoms. The highest BCUT2D eigenvalue weighted by Gasteiger charge is 2.26. The van der Waals surface area contributed by atoms with Crippen LogP contribution >= 0.6 is 23.2 Å². The summed E-state index contributed by atoms with van der Waals surface area (Å²) in [6, 6.07) is 4.27. The molecule has 0 aliphatic rings. The standard InChI is InChI=1S/C15H11Cl2FN6O3/c1-22-7-12(24(26)27)13(20-22)15(25)19-14-10(17)6-23(21-14)5-8-9(16)3-2-4-11(8)18/h2-4,6-7H,5H2,1H3,(H,19,21,25). The zero-order valence-corrected chi connectivity index (χ0v) is 15.2. The van der Waals surface area contributed by atoms with Crippen molar-refractivity contribution < 1.29 is 14.1 Å². The molecule has 2 aromatic heterocycles. The van der Waals surface area contributed by atoms with Gasteiger partial charge in [0.05, 0.1) is 11.5 Å². The summed E-state index contributed by atoms with van der Waals surface area (Å²) < 4.78 is 16.3. The first-order valence-electron chi connectivity index (χ1n) is 7.41. The minimum atomic E-state index is -0.849. The van der Waals surface area contributed by atoms with Gasteiger partial charge in [0.25, 0.3) is 5.91 Å². The van der Waals surface area contributed by atoms with E-state index in [1.54, 1.807) is 0 Å². The third-order valence-electron chi connectivity index (χ3n) is 3.55. The molecule has 2 heterocycles. The van der Waals surface area contributed by atoms with E-state index in [1.807, 2.05) is 0 Å². The molecule has 1 amide bonds. The largest absolute Gasteiger partial charge is 0.320 e. The van der Waals surface area contributed by atoms with Gasteiger partial charge in [-0.25, -0.2) is 4.39 Å². The van der Waals surface area contributed by atoms with Crippen LogP contribution in [0, 0.1) is 15.9 Å². The number of nitrogens with one attached hydrogen (secondary N) is 1.